The van der Waals surface area contributed by atoms with E-state index in [2.05, 4.69) is 9.97 Å². The van der Waals surface area contributed by atoms with Crippen LogP contribution in [0.3, 0.4) is 0 Å². The summed E-state index contributed by atoms with van der Waals surface area (Å²) in [6.45, 7) is 0. The van der Waals surface area contributed by atoms with Crippen molar-refractivity contribution < 1.29 is 4.74 Å². The largest absolute Gasteiger partial charge is 0.481 e. The molecule has 1 aromatic rings. The second-order valence-corrected chi connectivity index (χ2v) is 2.63. The summed E-state index contributed by atoms with van der Waals surface area (Å²) in [5, 5.41) is 8.71. The molecule has 4 nitrogen and oxygen atoms in total. The standard InChI is InChI=1S/C8H8ClN3O/c1-13-8-2-7(11-5-12-8)6(3-9)4-10/h2,5-6H,3H2,1H3. The molecule has 0 saturated carbocycles. The van der Waals surface area contributed by atoms with Gasteiger partial charge in [0, 0.05) is 11.9 Å². The molecule has 0 aliphatic rings. The number of halogens is 1. The third-order valence-corrected chi connectivity index (χ3v) is 1.85. The molecule has 0 aliphatic heterocycles. The van der Waals surface area contributed by atoms with E-state index in [-0.39, 0.29) is 5.88 Å². The van der Waals surface area contributed by atoms with Gasteiger partial charge in [0.05, 0.1) is 18.9 Å². The molecule has 0 amide bonds. The zero-order valence-corrected chi connectivity index (χ0v) is 7.82. The zero-order chi connectivity index (χ0) is 9.68. The Hall–Kier alpha value is -1.34. The van der Waals surface area contributed by atoms with Crippen LogP contribution in [-0.4, -0.2) is 23.0 Å². The lowest BCUT2D eigenvalue weighted by molar-refractivity contribution is 0.395. The SMILES string of the molecule is COc1cc(C(C#N)CCl)ncn1. The summed E-state index contributed by atoms with van der Waals surface area (Å²) < 4.78 is 4.89. The van der Waals surface area contributed by atoms with Gasteiger partial charge >= 0.3 is 0 Å². The zero-order valence-electron chi connectivity index (χ0n) is 7.07. The summed E-state index contributed by atoms with van der Waals surface area (Å²) in [7, 11) is 1.51. The number of aromatic nitrogens is 2. The van der Waals surface area contributed by atoms with Crippen LogP contribution in [0.1, 0.15) is 11.6 Å². The van der Waals surface area contributed by atoms with Crippen molar-refractivity contribution in [3.05, 3.63) is 18.1 Å². The molecule has 0 aromatic carbocycles. The van der Waals surface area contributed by atoms with Crippen LogP contribution in [0.25, 0.3) is 0 Å². The molecule has 0 spiro atoms. The highest BCUT2D eigenvalue weighted by Crippen LogP contribution is 2.16. The Morgan fingerprint density at radius 2 is 2.46 bits per heavy atom. The van der Waals surface area contributed by atoms with E-state index in [9.17, 15) is 0 Å². The first kappa shape index (κ1) is 9.75. The quantitative estimate of drug-likeness (QED) is 0.686. The van der Waals surface area contributed by atoms with E-state index < -0.39 is 5.92 Å². The Balaban J connectivity index is 2.94. The molecule has 1 heterocycles. The highest BCUT2D eigenvalue weighted by molar-refractivity contribution is 6.18. The van der Waals surface area contributed by atoms with Crippen LogP contribution in [0.15, 0.2) is 12.4 Å². The smallest absolute Gasteiger partial charge is 0.216 e. The predicted molar refractivity (Wildman–Crippen MR) is 47.7 cm³/mol. The number of hydrogen-bond donors (Lipinski definition) is 0. The lowest BCUT2D eigenvalue weighted by Crippen LogP contribution is -2.01. The number of hydrogen-bond acceptors (Lipinski definition) is 4. The average Bonchev–Trinajstić information content (AvgIpc) is 2.20. The summed E-state index contributed by atoms with van der Waals surface area (Å²) >= 11 is 5.57. The fourth-order valence-corrected chi connectivity index (χ4v) is 1.06. The summed E-state index contributed by atoms with van der Waals surface area (Å²) in [5.74, 6) is 0.255. The molecule has 0 saturated heterocycles. The molecule has 0 N–H and O–H groups in total. The number of nitriles is 1. The molecule has 1 aromatic heterocycles. The van der Waals surface area contributed by atoms with Crippen LogP contribution >= 0.6 is 11.6 Å². The van der Waals surface area contributed by atoms with Gasteiger partial charge in [0.25, 0.3) is 0 Å². The molecule has 1 unspecified atom stereocenters. The third-order valence-electron chi connectivity index (χ3n) is 1.54. The molecule has 68 valence electrons. The van der Waals surface area contributed by atoms with Gasteiger partial charge in [-0.1, -0.05) is 0 Å². The van der Waals surface area contributed by atoms with E-state index in [1.54, 1.807) is 6.07 Å². The summed E-state index contributed by atoms with van der Waals surface area (Å²) in [6.07, 6.45) is 1.35. The number of alkyl halides is 1. The lowest BCUT2D eigenvalue weighted by atomic mass is 10.1. The van der Waals surface area contributed by atoms with Crippen molar-refractivity contribution in [3.63, 3.8) is 0 Å². The van der Waals surface area contributed by atoms with Gasteiger partial charge < -0.3 is 4.74 Å². The van der Waals surface area contributed by atoms with E-state index in [0.717, 1.165) is 0 Å². The number of rotatable bonds is 3. The minimum Gasteiger partial charge on any atom is -0.481 e. The predicted octanol–water partition coefficient (Wildman–Crippen LogP) is 1.33. The molecule has 1 rings (SSSR count). The van der Waals surface area contributed by atoms with Gasteiger partial charge in [-0.25, -0.2) is 9.97 Å². The molecule has 0 radical (unpaired) electrons. The monoisotopic (exact) mass is 197 g/mol. The summed E-state index contributed by atoms with van der Waals surface area (Å²) in [5.41, 5.74) is 0.587. The number of methoxy groups -OCH3 is 1. The topological polar surface area (TPSA) is 58.8 Å². The lowest BCUT2D eigenvalue weighted by Gasteiger charge is -2.04. The van der Waals surface area contributed by atoms with E-state index in [0.29, 0.717) is 11.6 Å². The van der Waals surface area contributed by atoms with Crippen molar-refractivity contribution >= 4 is 11.6 Å². The van der Waals surface area contributed by atoms with Gasteiger partial charge in [-0.2, -0.15) is 5.26 Å². The molecular weight excluding hydrogens is 190 g/mol. The van der Waals surface area contributed by atoms with Gasteiger partial charge in [0.1, 0.15) is 12.2 Å². The molecule has 0 aliphatic carbocycles. The normalized spacial score (nSPS) is 11.8. The first-order chi connectivity index (χ1) is 6.31. The van der Waals surface area contributed by atoms with Crippen LogP contribution in [0, 0.1) is 11.3 Å². The minimum atomic E-state index is -0.404. The maximum atomic E-state index is 8.71. The fraction of sp³-hybridized carbons (Fsp3) is 0.375. The van der Waals surface area contributed by atoms with E-state index >= 15 is 0 Å². The Bertz CT molecular complexity index is 323. The molecule has 13 heavy (non-hydrogen) atoms. The van der Waals surface area contributed by atoms with E-state index in [4.69, 9.17) is 21.6 Å². The van der Waals surface area contributed by atoms with E-state index in [1.807, 2.05) is 6.07 Å². The Kier molecular flexibility index (Phi) is 3.47. The molecule has 1 atom stereocenters. The van der Waals surface area contributed by atoms with Gasteiger partial charge in [-0.05, 0) is 0 Å². The molecular formula is C8H8ClN3O. The van der Waals surface area contributed by atoms with Crippen molar-refractivity contribution in [2.75, 3.05) is 13.0 Å². The maximum absolute atomic E-state index is 8.71. The highest BCUT2D eigenvalue weighted by Gasteiger charge is 2.11. The molecule has 0 fully saturated rings. The van der Waals surface area contributed by atoms with E-state index in [1.165, 1.54) is 13.4 Å². The average molecular weight is 198 g/mol. The summed E-state index contributed by atoms with van der Waals surface area (Å²) in [4.78, 5) is 7.75. The van der Waals surface area contributed by atoms with Gasteiger partial charge in [0.2, 0.25) is 5.88 Å². The van der Waals surface area contributed by atoms with Crippen molar-refractivity contribution in [2.45, 2.75) is 5.92 Å². The molecule has 0 bridgehead atoms. The highest BCUT2D eigenvalue weighted by atomic mass is 35.5. The van der Waals surface area contributed by atoms with Crippen LogP contribution in [0.4, 0.5) is 0 Å². The van der Waals surface area contributed by atoms with Crippen LogP contribution in [0.5, 0.6) is 5.88 Å². The van der Waals surface area contributed by atoms with Crippen molar-refractivity contribution in [1.29, 1.82) is 5.26 Å². The van der Waals surface area contributed by atoms with Gasteiger partial charge in [0.15, 0.2) is 0 Å². The Morgan fingerprint density at radius 1 is 1.69 bits per heavy atom. The van der Waals surface area contributed by atoms with Crippen molar-refractivity contribution in [1.82, 2.24) is 9.97 Å². The van der Waals surface area contributed by atoms with Crippen molar-refractivity contribution in [2.24, 2.45) is 0 Å². The maximum Gasteiger partial charge on any atom is 0.216 e. The first-order valence-electron chi connectivity index (χ1n) is 3.63. The van der Waals surface area contributed by atoms with Crippen LogP contribution < -0.4 is 4.74 Å². The molecule has 5 heteroatoms. The third kappa shape index (κ3) is 2.30. The van der Waals surface area contributed by atoms with Gasteiger partial charge in [-0.15, -0.1) is 11.6 Å². The van der Waals surface area contributed by atoms with Crippen LogP contribution in [-0.2, 0) is 0 Å². The van der Waals surface area contributed by atoms with Gasteiger partial charge in [-0.3, -0.25) is 0 Å². The number of ether oxygens (including phenoxy) is 1. The van der Waals surface area contributed by atoms with Crippen molar-refractivity contribution in [3.8, 4) is 11.9 Å². The fourth-order valence-electron chi connectivity index (χ4n) is 0.835. The minimum absolute atomic E-state index is 0.219. The Morgan fingerprint density at radius 3 is 3.00 bits per heavy atom. The second kappa shape index (κ2) is 4.63. The Labute approximate surface area is 81.1 Å². The second-order valence-electron chi connectivity index (χ2n) is 2.32. The van der Waals surface area contributed by atoms with Crippen LogP contribution in [0.2, 0.25) is 0 Å². The first-order valence-corrected chi connectivity index (χ1v) is 4.16. The summed E-state index contributed by atoms with van der Waals surface area (Å²) in [6, 6.07) is 3.65. The number of nitrogens with zero attached hydrogens (tertiary/aromatic N) is 3.